The Kier molecular flexibility index (Phi) is 5.35. The van der Waals surface area contributed by atoms with Crippen LogP contribution in [0, 0.1) is 10.1 Å². The van der Waals surface area contributed by atoms with Crippen LogP contribution in [-0.2, 0) is 9.53 Å². The van der Waals surface area contributed by atoms with E-state index in [1.807, 2.05) is 0 Å². The lowest BCUT2D eigenvalue weighted by Gasteiger charge is -2.26. The molecular weight excluding hydrogens is 298 g/mol. The van der Waals surface area contributed by atoms with E-state index < -0.39 is 4.92 Å². The molecule has 2 rings (SSSR count). The van der Waals surface area contributed by atoms with E-state index in [0.717, 1.165) is 0 Å². The number of nitrogens with zero attached hydrogens (tertiary/aromatic N) is 2. The highest BCUT2D eigenvalue weighted by atomic mass is 35.5. The summed E-state index contributed by atoms with van der Waals surface area (Å²) in [6.45, 7) is 2.82. The molecule has 1 aromatic rings. The maximum absolute atomic E-state index is 11.9. The van der Waals surface area contributed by atoms with Crippen LogP contribution in [0.1, 0.15) is 6.42 Å². The number of hydrogen-bond acceptors (Lipinski definition) is 5. The fourth-order valence-corrected chi connectivity index (χ4v) is 2.28. The van der Waals surface area contributed by atoms with Crippen LogP contribution >= 0.6 is 11.6 Å². The number of nitro groups is 1. The lowest BCUT2D eigenvalue weighted by atomic mass is 10.2. The van der Waals surface area contributed by atoms with Crippen molar-refractivity contribution in [3.8, 4) is 0 Å². The van der Waals surface area contributed by atoms with Crippen LogP contribution < -0.4 is 5.32 Å². The number of hydrogen-bond donors (Lipinski definition) is 1. The lowest BCUT2D eigenvalue weighted by molar-refractivity contribution is -0.384. The Bertz CT molecular complexity index is 532. The van der Waals surface area contributed by atoms with Gasteiger partial charge in [-0.2, -0.15) is 0 Å². The van der Waals surface area contributed by atoms with Crippen LogP contribution in [0.5, 0.6) is 0 Å². The summed E-state index contributed by atoms with van der Waals surface area (Å²) in [6, 6.07) is 4.20. The number of ether oxygens (including phenoxy) is 1. The number of anilines is 1. The Hall–Kier alpha value is -1.86. The zero-order valence-corrected chi connectivity index (χ0v) is 12.1. The molecule has 21 heavy (non-hydrogen) atoms. The van der Waals surface area contributed by atoms with Crippen molar-refractivity contribution in [2.75, 3.05) is 38.2 Å². The molecule has 0 spiro atoms. The van der Waals surface area contributed by atoms with Gasteiger partial charge in [-0.15, -0.1) is 0 Å². The number of morpholine rings is 1. The van der Waals surface area contributed by atoms with Gasteiger partial charge in [-0.25, -0.2) is 0 Å². The number of nitrogens with one attached hydrogen (secondary N) is 1. The quantitative estimate of drug-likeness (QED) is 0.663. The second-order valence-electron chi connectivity index (χ2n) is 4.59. The number of carbonyl (C=O) groups excluding carboxylic acids is 1. The Morgan fingerprint density at radius 1 is 1.43 bits per heavy atom. The van der Waals surface area contributed by atoms with Gasteiger partial charge < -0.3 is 15.0 Å². The molecule has 0 bridgehead atoms. The van der Waals surface area contributed by atoms with E-state index in [-0.39, 0.29) is 16.6 Å². The first-order chi connectivity index (χ1) is 10.1. The molecule has 1 N–H and O–H groups in total. The van der Waals surface area contributed by atoms with Crippen LogP contribution in [0.25, 0.3) is 0 Å². The zero-order valence-electron chi connectivity index (χ0n) is 11.4. The minimum absolute atomic E-state index is 0.0591. The Morgan fingerprint density at radius 2 is 2.14 bits per heavy atom. The molecule has 1 aliphatic heterocycles. The van der Waals surface area contributed by atoms with Crippen LogP contribution in [0.3, 0.4) is 0 Å². The van der Waals surface area contributed by atoms with Crippen LogP contribution in [0.4, 0.5) is 11.4 Å². The molecule has 1 aromatic carbocycles. The molecule has 1 heterocycles. The van der Waals surface area contributed by atoms with E-state index in [2.05, 4.69) is 5.32 Å². The average molecular weight is 314 g/mol. The normalized spacial score (nSPS) is 14.8. The van der Waals surface area contributed by atoms with Gasteiger partial charge in [0.1, 0.15) is 0 Å². The first-order valence-electron chi connectivity index (χ1n) is 6.61. The van der Waals surface area contributed by atoms with E-state index in [1.165, 1.54) is 12.1 Å². The largest absolute Gasteiger partial charge is 0.383 e. The van der Waals surface area contributed by atoms with Gasteiger partial charge in [0.2, 0.25) is 5.91 Å². The number of rotatable bonds is 5. The maximum Gasteiger partial charge on any atom is 0.271 e. The minimum atomic E-state index is -0.502. The topological polar surface area (TPSA) is 84.7 Å². The summed E-state index contributed by atoms with van der Waals surface area (Å²) in [7, 11) is 0. The van der Waals surface area contributed by atoms with Crippen molar-refractivity contribution in [2.24, 2.45) is 0 Å². The molecule has 0 atom stereocenters. The van der Waals surface area contributed by atoms with Crippen LogP contribution in [0.2, 0.25) is 5.02 Å². The Morgan fingerprint density at radius 3 is 2.76 bits per heavy atom. The van der Waals surface area contributed by atoms with Crippen molar-refractivity contribution in [1.82, 2.24) is 4.90 Å². The number of benzene rings is 1. The lowest BCUT2D eigenvalue weighted by Crippen LogP contribution is -2.41. The van der Waals surface area contributed by atoms with E-state index in [4.69, 9.17) is 16.3 Å². The van der Waals surface area contributed by atoms with Gasteiger partial charge >= 0.3 is 0 Å². The summed E-state index contributed by atoms with van der Waals surface area (Å²) >= 11 is 5.96. The van der Waals surface area contributed by atoms with Gasteiger partial charge in [0.05, 0.1) is 28.8 Å². The van der Waals surface area contributed by atoms with E-state index in [1.54, 1.807) is 11.0 Å². The van der Waals surface area contributed by atoms with Gasteiger partial charge in [0, 0.05) is 38.2 Å². The molecule has 1 saturated heterocycles. The smallest absolute Gasteiger partial charge is 0.271 e. The zero-order chi connectivity index (χ0) is 15.2. The van der Waals surface area contributed by atoms with E-state index in [0.29, 0.717) is 45.0 Å². The third kappa shape index (κ3) is 4.30. The van der Waals surface area contributed by atoms with E-state index in [9.17, 15) is 14.9 Å². The molecule has 0 aromatic heterocycles. The number of non-ortho nitro benzene ring substituents is 1. The molecule has 114 valence electrons. The fraction of sp³-hybridized carbons (Fsp3) is 0.462. The highest BCUT2D eigenvalue weighted by Crippen LogP contribution is 2.26. The molecule has 7 nitrogen and oxygen atoms in total. The molecular formula is C13H16ClN3O4. The number of amides is 1. The van der Waals surface area contributed by atoms with Crippen molar-refractivity contribution in [3.63, 3.8) is 0 Å². The van der Waals surface area contributed by atoms with Gasteiger partial charge in [0.25, 0.3) is 5.69 Å². The molecule has 0 radical (unpaired) electrons. The second kappa shape index (κ2) is 7.24. The minimum Gasteiger partial charge on any atom is -0.383 e. The number of halogens is 1. The molecule has 0 saturated carbocycles. The average Bonchev–Trinajstić information content (AvgIpc) is 2.49. The third-order valence-electron chi connectivity index (χ3n) is 3.18. The predicted octanol–water partition coefficient (Wildman–Crippen LogP) is 1.91. The summed E-state index contributed by atoms with van der Waals surface area (Å²) in [5, 5.41) is 13.9. The first kappa shape index (κ1) is 15.5. The molecule has 0 aliphatic carbocycles. The Balaban J connectivity index is 1.83. The monoisotopic (exact) mass is 313 g/mol. The van der Waals surface area contributed by atoms with Gasteiger partial charge in [-0.3, -0.25) is 14.9 Å². The number of carbonyl (C=O) groups is 1. The summed E-state index contributed by atoms with van der Waals surface area (Å²) in [4.78, 5) is 23.8. The highest BCUT2D eigenvalue weighted by Gasteiger charge is 2.16. The summed E-state index contributed by atoms with van der Waals surface area (Å²) < 4.78 is 5.19. The number of nitro benzene ring substituents is 1. The predicted molar refractivity (Wildman–Crippen MR) is 78.6 cm³/mol. The maximum atomic E-state index is 11.9. The van der Waals surface area contributed by atoms with Gasteiger partial charge in [-0.05, 0) is 6.07 Å². The summed E-state index contributed by atoms with van der Waals surface area (Å²) in [5.41, 5.74) is 0.520. The summed E-state index contributed by atoms with van der Waals surface area (Å²) in [5.74, 6) is 0.0591. The highest BCUT2D eigenvalue weighted by molar-refractivity contribution is 6.33. The summed E-state index contributed by atoms with van der Waals surface area (Å²) in [6.07, 6.45) is 0.341. The molecule has 1 amide bonds. The first-order valence-corrected chi connectivity index (χ1v) is 6.99. The van der Waals surface area contributed by atoms with Crippen molar-refractivity contribution in [2.45, 2.75) is 6.42 Å². The molecule has 1 aliphatic rings. The SMILES string of the molecule is O=C(CCNc1ccc([N+](=O)[O-])cc1Cl)N1CCOCC1. The van der Waals surface area contributed by atoms with Crippen LogP contribution in [-0.4, -0.2) is 48.6 Å². The fourth-order valence-electron chi connectivity index (χ4n) is 2.04. The standard InChI is InChI=1S/C13H16ClN3O4/c14-11-9-10(17(19)20)1-2-12(11)15-4-3-13(18)16-5-7-21-8-6-16/h1-2,9,15H,3-8H2. The molecule has 1 fully saturated rings. The van der Waals surface area contributed by atoms with E-state index >= 15 is 0 Å². The van der Waals surface area contributed by atoms with Crippen molar-refractivity contribution in [3.05, 3.63) is 33.3 Å². The molecule has 0 unspecified atom stereocenters. The van der Waals surface area contributed by atoms with Crippen LogP contribution in [0.15, 0.2) is 18.2 Å². The van der Waals surface area contributed by atoms with Crippen molar-refractivity contribution >= 4 is 28.9 Å². The van der Waals surface area contributed by atoms with Crippen molar-refractivity contribution < 1.29 is 14.5 Å². The third-order valence-corrected chi connectivity index (χ3v) is 3.49. The molecule has 8 heteroatoms. The van der Waals surface area contributed by atoms with Crippen molar-refractivity contribution in [1.29, 1.82) is 0 Å². The second-order valence-corrected chi connectivity index (χ2v) is 5.00. The van der Waals surface area contributed by atoms with Gasteiger partial charge in [-0.1, -0.05) is 11.6 Å². The Labute approximate surface area is 127 Å². The van der Waals surface area contributed by atoms with Gasteiger partial charge in [0.15, 0.2) is 0 Å².